The Morgan fingerprint density at radius 1 is 1.16 bits per heavy atom. The minimum absolute atomic E-state index is 0.125. The molecule has 2 N–H and O–H groups in total. The molecular weight excluding hydrogens is 393 g/mol. The second-order valence-electron chi connectivity index (χ2n) is 5.55. The highest BCUT2D eigenvalue weighted by atomic mass is 79.9. The average Bonchev–Trinajstić information content (AvgIpc) is 2.57. The third kappa shape index (κ3) is 3.28. The van der Waals surface area contributed by atoms with Crippen molar-refractivity contribution >= 4 is 32.7 Å². The molecule has 128 valence electrons. The van der Waals surface area contributed by atoms with Gasteiger partial charge in [0.15, 0.2) is 5.88 Å². The first-order chi connectivity index (χ1) is 11.9. The minimum atomic E-state index is -1.14. The number of aliphatic carboxylic acids is 1. The Hall–Kier alpha value is -2.67. The van der Waals surface area contributed by atoms with Gasteiger partial charge in [0.25, 0.3) is 5.56 Å². The summed E-state index contributed by atoms with van der Waals surface area (Å²) in [6.45, 7) is -0.207. The molecule has 0 saturated heterocycles. The first-order valence-corrected chi connectivity index (χ1v) is 8.17. The number of hydrogen-bond donors (Lipinski definition) is 2. The summed E-state index contributed by atoms with van der Waals surface area (Å²) >= 11 is 3.16. The number of halogens is 2. The second-order valence-corrected chi connectivity index (χ2v) is 6.46. The lowest BCUT2D eigenvalue weighted by Gasteiger charge is -2.15. The van der Waals surface area contributed by atoms with Gasteiger partial charge in [-0.15, -0.1) is 0 Å². The topological polar surface area (TPSA) is 79.5 Å². The number of benzene rings is 2. The van der Waals surface area contributed by atoms with E-state index in [0.717, 1.165) is 4.57 Å². The van der Waals surface area contributed by atoms with E-state index in [-0.39, 0.29) is 23.1 Å². The van der Waals surface area contributed by atoms with Crippen LogP contribution in [0.4, 0.5) is 4.39 Å². The number of rotatable bonds is 4. The molecule has 0 aliphatic rings. The molecule has 25 heavy (non-hydrogen) atoms. The number of hydrogen-bond acceptors (Lipinski definition) is 3. The maximum absolute atomic E-state index is 14.1. The zero-order valence-corrected chi connectivity index (χ0v) is 14.5. The number of nitrogens with zero attached hydrogens (tertiary/aromatic N) is 1. The molecule has 0 radical (unpaired) electrons. The van der Waals surface area contributed by atoms with Gasteiger partial charge in [-0.3, -0.25) is 14.2 Å². The van der Waals surface area contributed by atoms with Crippen molar-refractivity contribution in [2.24, 2.45) is 0 Å². The van der Waals surface area contributed by atoms with Crippen LogP contribution >= 0.6 is 15.9 Å². The van der Waals surface area contributed by atoms with Gasteiger partial charge in [0.1, 0.15) is 5.82 Å². The van der Waals surface area contributed by atoms with E-state index in [1.807, 2.05) is 0 Å². The molecule has 2 aromatic carbocycles. The van der Waals surface area contributed by atoms with Crippen LogP contribution in [0.15, 0.2) is 51.7 Å². The van der Waals surface area contributed by atoms with Crippen molar-refractivity contribution in [1.82, 2.24) is 4.57 Å². The van der Waals surface area contributed by atoms with E-state index in [1.165, 1.54) is 12.1 Å². The number of carbonyl (C=O) groups is 1. The molecule has 7 heteroatoms. The van der Waals surface area contributed by atoms with Crippen molar-refractivity contribution in [3.05, 3.63) is 74.2 Å². The molecule has 0 atom stereocenters. The van der Waals surface area contributed by atoms with Gasteiger partial charge in [-0.05, 0) is 23.6 Å². The van der Waals surface area contributed by atoms with Crippen LogP contribution in [0.25, 0.3) is 10.8 Å². The lowest BCUT2D eigenvalue weighted by Crippen LogP contribution is -2.23. The van der Waals surface area contributed by atoms with E-state index in [2.05, 4.69) is 15.9 Å². The predicted octanol–water partition coefficient (Wildman–Crippen LogP) is 3.28. The maximum atomic E-state index is 14.1. The highest BCUT2D eigenvalue weighted by Crippen LogP contribution is 2.26. The van der Waals surface area contributed by atoms with E-state index >= 15 is 0 Å². The van der Waals surface area contributed by atoms with Crippen LogP contribution in [0.5, 0.6) is 5.88 Å². The van der Waals surface area contributed by atoms with Crippen molar-refractivity contribution in [1.29, 1.82) is 0 Å². The quantitative estimate of drug-likeness (QED) is 0.697. The van der Waals surface area contributed by atoms with Crippen LogP contribution in [0.2, 0.25) is 0 Å². The van der Waals surface area contributed by atoms with Crippen LogP contribution in [0, 0.1) is 5.82 Å². The fourth-order valence-electron chi connectivity index (χ4n) is 2.75. The Morgan fingerprint density at radius 3 is 2.48 bits per heavy atom. The molecule has 1 aromatic heterocycles. The van der Waals surface area contributed by atoms with Crippen molar-refractivity contribution in [3.8, 4) is 5.88 Å². The summed E-state index contributed by atoms with van der Waals surface area (Å²) in [5.74, 6) is -2.14. The molecule has 0 aliphatic heterocycles. The number of carboxylic acid groups (broad SMARTS) is 1. The average molecular weight is 406 g/mol. The van der Waals surface area contributed by atoms with Crippen LogP contribution < -0.4 is 5.56 Å². The summed E-state index contributed by atoms with van der Waals surface area (Å²) in [6.07, 6.45) is -0.449. The van der Waals surface area contributed by atoms with Gasteiger partial charge < -0.3 is 10.2 Å². The van der Waals surface area contributed by atoms with E-state index in [4.69, 9.17) is 5.11 Å². The molecule has 0 bridgehead atoms. The number of pyridine rings is 1. The first-order valence-electron chi connectivity index (χ1n) is 7.37. The maximum Gasteiger partial charge on any atom is 0.308 e. The molecule has 1 heterocycles. The molecule has 3 aromatic rings. The summed E-state index contributed by atoms with van der Waals surface area (Å²) < 4.78 is 15.6. The van der Waals surface area contributed by atoms with E-state index in [0.29, 0.717) is 9.86 Å². The van der Waals surface area contributed by atoms with Gasteiger partial charge in [-0.1, -0.05) is 40.2 Å². The Bertz CT molecular complexity index is 1050. The molecule has 5 nitrogen and oxygen atoms in total. The second kappa shape index (κ2) is 6.68. The monoisotopic (exact) mass is 405 g/mol. The molecule has 0 unspecified atom stereocenters. The van der Waals surface area contributed by atoms with Gasteiger partial charge in [0, 0.05) is 21.0 Å². The van der Waals surface area contributed by atoms with Crippen LogP contribution in [0.3, 0.4) is 0 Å². The highest BCUT2D eigenvalue weighted by Gasteiger charge is 2.19. The largest absolute Gasteiger partial charge is 0.494 e. The van der Waals surface area contributed by atoms with E-state index < -0.39 is 29.6 Å². The van der Waals surface area contributed by atoms with Gasteiger partial charge in [-0.25, -0.2) is 4.39 Å². The fourth-order valence-corrected chi connectivity index (χ4v) is 3.08. The third-order valence-electron chi connectivity index (χ3n) is 3.92. The van der Waals surface area contributed by atoms with E-state index in [9.17, 15) is 19.1 Å². The van der Waals surface area contributed by atoms with Gasteiger partial charge in [0.2, 0.25) is 0 Å². The van der Waals surface area contributed by atoms with Crippen molar-refractivity contribution in [2.45, 2.75) is 13.0 Å². The Balaban J connectivity index is 2.24. The molecule has 0 amide bonds. The zero-order valence-electron chi connectivity index (χ0n) is 12.9. The Morgan fingerprint density at radius 2 is 1.84 bits per heavy atom. The number of aromatic hydroxyl groups is 1. The van der Waals surface area contributed by atoms with Crippen molar-refractivity contribution < 1.29 is 19.4 Å². The lowest BCUT2D eigenvalue weighted by molar-refractivity contribution is -0.136. The van der Waals surface area contributed by atoms with Crippen molar-refractivity contribution in [2.75, 3.05) is 0 Å². The third-order valence-corrected chi connectivity index (χ3v) is 4.42. The lowest BCUT2D eigenvalue weighted by atomic mass is 10.0. The minimum Gasteiger partial charge on any atom is -0.494 e. The highest BCUT2D eigenvalue weighted by molar-refractivity contribution is 9.10. The number of fused-ring (bicyclic) bond motifs is 1. The Labute approximate surface area is 150 Å². The predicted molar refractivity (Wildman–Crippen MR) is 94.4 cm³/mol. The van der Waals surface area contributed by atoms with Gasteiger partial charge in [0.05, 0.1) is 13.0 Å². The SMILES string of the molecule is O=C(O)Cc1c(O)n(Cc2ccc(Br)cc2F)c(=O)c2ccccc12. The fraction of sp³-hybridized carbons (Fsp3) is 0.111. The Kier molecular flexibility index (Phi) is 4.59. The number of carboxylic acids is 1. The summed E-state index contributed by atoms with van der Waals surface area (Å²) in [6, 6.07) is 10.8. The normalized spacial score (nSPS) is 11.0. The van der Waals surface area contributed by atoms with Gasteiger partial charge >= 0.3 is 5.97 Å². The molecule has 0 fully saturated rings. The molecular formula is C18H13BrFNO4. The summed E-state index contributed by atoms with van der Waals surface area (Å²) in [7, 11) is 0. The molecule has 3 rings (SSSR count). The van der Waals surface area contributed by atoms with Crippen LogP contribution in [-0.2, 0) is 17.8 Å². The van der Waals surface area contributed by atoms with E-state index in [1.54, 1.807) is 30.3 Å². The molecule has 0 spiro atoms. The molecule has 0 saturated carbocycles. The summed E-state index contributed by atoms with van der Waals surface area (Å²) in [5.41, 5.74) is -0.179. The van der Waals surface area contributed by atoms with Crippen LogP contribution in [-0.4, -0.2) is 20.7 Å². The van der Waals surface area contributed by atoms with Gasteiger partial charge in [-0.2, -0.15) is 0 Å². The van der Waals surface area contributed by atoms with Crippen LogP contribution in [0.1, 0.15) is 11.1 Å². The molecule has 0 aliphatic carbocycles. The standard InChI is InChI=1S/C18H13BrFNO4/c19-11-6-5-10(15(20)7-11)9-21-17(24)13-4-2-1-3-12(13)14(18(21)25)8-16(22)23/h1-7,25H,8-9H2,(H,22,23). The summed E-state index contributed by atoms with van der Waals surface area (Å²) in [4.78, 5) is 23.8. The zero-order chi connectivity index (χ0) is 18.1. The first kappa shape index (κ1) is 17.2. The van der Waals surface area contributed by atoms with Crippen molar-refractivity contribution in [3.63, 3.8) is 0 Å². The smallest absolute Gasteiger partial charge is 0.308 e. The number of aromatic nitrogens is 1. The summed E-state index contributed by atoms with van der Waals surface area (Å²) in [5, 5.41) is 20.3.